The molecule has 4 rings (SSSR count). The normalized spacial score (nSPS) is 10.6. The van der Waals surface area contributed by atoms with Crippen molar-refractivity contribution in [2.75, 3.05) is 10.6 Å². The van der Waals surface area contributed by atoms with Crippen LogP contribution in [0.4, 0.5) is 11.8 Å². The lowest BCUT2D eigenvalue weighted by atomic mass is 10.1. The van der Waals surface area contributed by atoms with E-state index in [0.717, 1.165) is 28.5 Å². The third-order valence-electron chi connectivity index (χ3n) is 4.22. The first-order chi connectivity index (χ1) is 13.8. The minimum atomic E-state index is 0.460. The maximum atomic E-state index is 5.42. The highest BCUT2D eigenvalue weighted by Crippen LogP contribution is 2.19. The van der Waals surface area contributed by atoms with E-state index in [9.17, 15) is 0 Å². The molecule has 0 radical (unpaired) electrons. The summed E-state index contributed by atoms with van der Waals surface area (Å²) in [5.41, 5.74) is 3.92. The fourth-order valence-corrected chi connectivity index (χ4v) is 2.83. The van der Waals surface area contributed by atoms with Crippen LogP contribution in [0.3, 0.4) is 0 Å². The summed E-state index contributed by atoms with van der Waals surface area (Å²) in [7, 11) is 0. The minimum absolute atomic E-state index is 0.460. The van der Waals surface area contributed by atoms with Crippen LogP contribution in [-0.2, 0) is 13.1 Å². The van der Waals surface area contributed by atoms with Gasteiger partial charge in [0.15, 0.2) is 5.76 Å². The number of rotatable bonds is 7. The fraction of sp³-hybridized carbons (Fsp3) is 0.136. The van der Waals surface area contributed by atoms with Gasteiger partial charge in [0.2, 0.25) is 5.95 Å². The molecule has 2 N–H and O–H groups in total. The first-order valence-corrected chi connectivity index (χ1v) is 9.15. The first kappa shape index (κ1) is 17.7. The second kappa shape index (κ2) is 8.35. The summed E-state index contributed by atoms with van der Waals surface area (Å²) in [5, 5.41) is 10.7. The summed E-state index contributed by atoms with van der Waals surface area (Å²) in [6, 6.07) is 24.0. The highest BCUT2D eigenvalue weighted by atomic mass is 16.5. The summed E-state index contributed by atoms with van der Waals surface area (Å²) >= 11 is 0. The number of aromatic nitrogens is 3. The summed E-state index contributed by atoms with van der Waals surface area (Å²) in [6.45, 7) is 3.11. The number of nitrogens with zero attached hydrogens (tertiary/aromatic N) is 3. The molecule has 2 aromatic heterocycles. The van der Waals surface area contributed by atoms with Crippen LogP contribution in [0.25, 0.3) is 11.3 Å². The van der Waals surface area contributed by atoms with E-state index in [2.05, 4.69) is 37.9 Å². The molecule has 0 bridgehead atoms. The topological polar surface area (TPSA) is 75.9 Å². The van der Waals surface area contributed by atoms with Crippen LogP contribution in [-0.4, -0.2) is 15.1 Å². The minimum Gasteiger partial charge on any atom is -0.366 e. The summed E-state index contributed by atoms with van der Waals surface area (Å²) in [6.07, 6.45) is 0. The van der Waals surface area contributed by atoms with Gasteiger partial charge in [-0.15, -0.1) is 0 Å². The van der Waals surface area contributed by atoms with Crippen molar-refractivity contribution in [3.8, 4) is 11.3 Å². The zero-order valence-electron chi connectivity index (χ0n) is 15.6. The quantitative estimate of drug-likeness (QED) is 0.492. The molecular weight excluding hydrogens is 350 g/mol. The van der Waals surface area contributed by atoms with Crippen LogP contribution in [0.1, 0.15) is 17.0 Å². The maximum absolute atomic E-state index is 5.42. The highest BCUT2D eigenvalue weighted by Gasteiger charge is 2.08. The molecule has 6 heteroatoms. The van der Waals surface area contributed by atoms with Gasteiger partial charge in [0.25, 0.3) is 0 Å². The molecule has 6 nitrogen and oxygen atoms in total. The number of aryl methyl sites for hydroxylation is 1. The Kier molecular flexibility index (Phi) is 5.29. The molecule has 140 valence electrons. The molecule has 0 amide bonds. The lowest BCUT2D eigenvalue weighted by Crippen LogP contribution is -2.07. The largest absolute Gasteiger partial charge is 0.366 e. The molecule has 0 aliphatic heterocycles. The predicted octanol–water partition coefficient (Wildman–Crippen LogP) is 4.66. The van der Waals surface area contributed by atoms with E-state index in [1.807, 2.05) is 67.6 Å². The molecule has 2 aromatic carbocycles. The Hall–Kier alpha value is -3.67. The van der Waals surface area contributed by atoms with Crippen molar-refractivity contribution in [3.63, 3.8) is 0 Å². The average Bonchev–Trinajstić information content (AvgIpc) is 3.21. The van der Waals surface area contributed by atoms with Crippen molar-refractivity contribution in [3.05, 3.63) is 89.8 Å². The van der Waals surface area contributed by atoms with Crippen LogP contribution in [0.2, 0.25) is 0 Å². The number of anilines is 2. The van der Waals surface area contributed by atoms with Crippen molar-refractivity contribution in [1.29, 1.82) is 0 Å². The van der Waals surface area contributed by atoms with Gasteiger partial charge in [-0.3, -0.25) is 0 Å². The van der Waals surface area contributed by atoms with Crippen molar-refractivity contribution in [2.45, 2.75) is 20.0 Å². The van der Waals surface area contributed by atoms with E-state index >= 15 is 0 Å². The van der Waals surface area contributed by atoms with Gasteiger partial charge in [0, 0.05) is 29.9 Å². The molecule has 28 heavy (non-hydrogen) atoms. The molecule has 0 saturated heterocycles. The molecule has 0 unspecified atom stereocenters. The van der Waals surface area contributed by atoms with E-state index in [-0.39, 0.29) is 0 Å². The van der Waals surface area contributed by atoms with Crippen molar-refractivity contribution < 1.29 is 4.52 Å². The molecule has 2 heterocycles. The van der Waals surface area contributed by atoms with Crippen LogP contribution >= 0.6 is 0 Å². The second-order valence-electron chi connectivity index (χ2n) is 6.46. The van der Waals surface area contributed by atoms with Crippen molar-refractivity contribution in [1.82, 2.24) is 15.1 Å². The summed E-state index contributed by atoms with van der Waals surface area (Å²) < 4.78 is 5.42. The third kappa shape index (κ3) is 4.54. The van der Waals surface area contributed by atoms with Crippen molar-refractivity contribution >= 4 is 11.8 Å². The molecular formula is C22H21N5O. The molecule has 0 aliphatic rings. The zero-order chi connectivity index (χ0) is 19.2. The van der Waals surface area contributed by atoms with E-state index in [1.165, 1.54) is 5.56 Å². The second-order valence-corrected chi connectivity index (χ2v) is 6.46. The van der Waals surface area contributed by atoms with Gasteiger partial charge in [0.1, 0.15) is 11.5 Å². The van der Waals surface area contributed by atoms with Gasteiger partial charge in [0.05, 0.1) is 6.54 Å². The molecule has 0 spiro atoms. The van der Waals surface area contributed by atoms with Crippen LogP contribution in [0.15, 0.2) is 77.3 Å². The van der Waals surface area contributed by atoms with Crippen LogP contribution in [0.5, 0.6) is 0 Å². The predicted molar refractivity (Wildman–Crippen MR) is 110 cm³/mol. The van der Waals surface area contributed by atoms with Crippen LogP contribution < -0.4 is 10.6 Å². The molecule has 0 atom stereocenters. The number of benzene rings is 2. The van der Waals surface area contributed by atoms with Gasteiger partial charge in [-0.05, 0) is 12.5 Å². The summed E-state index contributed by atoms with van der Waals surface area (Å²) in [5.74, 6) is 2.05. The smallest absolute Gasteiger partial charge is 0.225 e. The fourth-order valence-electron chi connectivity index (χ4n) is 2.83. The van der Waals surface area contributed by atoms with E-state index < -0.39 is 0 Å². The van der Waals surface area contributed by atoms with Gasteiger partial charge >= 0.3 is 0 Å². The molecule has 4 aromatic rings. The highest BCUT2D eigenvalue weighted by molar-refractivity contribution is 5.58. The Balaban J connectivity index is 1.39. The number of nitrogens with one attached hydrogen (secondary N) is 2. The van der Waals surface area contributed by atoms with E-state index in [4.69, 9.17) is 4.52 Å². The molecule has 0 saturated carbocycles. The average molecular weight is 371 g/mol. The number of hydrogen-bond acceptors (Lipinski definition) is 6. The van der Waals surface area contributed by atoms with Gasteiger partial charge in [-0.2, -0.15) is 4.98 Å². The van der Waals surface area contributed by atoms with Gasteiger partial charge in [-0.25, -0.2) is 4.98 Å². The lowest BCUT2D eigenvalue weighted by molar-refractivity contribution is 0.390. The Morgan fingerprint density at radius 2 is 1.57 bits per heavy atom. The van der Waals surface area contributed by atoms with Gasteiger partial charge < -0.3 is 15.2 Å². The monoisotopic (exact) mass is 371 g/mol. The lowest BCUT2D eigenvalue weighted by Gasteiger charge is -2.09. The molecule has 0 fully saturated rings. The standard InChI is InChI=1S/C22H21N5O/c1-16-12-21(23-14-17-8-4-2-5-9-17)26-22(25-16)24-15-19-13-20(27-28-19)18-10-6-3-7-11-18/h2-13H,14-15H2,1H3,(H2,23,24,25,26). The Labute approximate surface area is 163 Å². The zero-order valence-corrected chi connectivity index (χ0v) is 15.6. The van der Waals surface area contributed by atoms with E-state index in [1.54, 1.807) is 0 Å². The van der Waals surface area contributed by atoms with E-state index in [0.29, 0.717) is 19.0 Å². The number of hydrogen-bond donors (Lipinski definition) is 2. The van der Waals surface area contributed by atoms with Crippen LogP contribution in [0, 0.1) is 6.92 Å². The maximum Gasteiger partial charge on any atom is 0.225 e. The molecule has 0 aliphatic carbocycles. The third-order valence-corrected chi connectivity index (χ3v) is 4.22. The van der Waals surface area contributed by atoms with Crippen molar-refractivity contribution in [2.24, 2.45) is 0 Å². The summed E-state index contributed by atoms with van der Waals surface area (Å²) in [4.78, 5) is 8.98. The van der Waals surface area contributed by atoms with Gasteiger partial charge in [-0.1, -0.05) is 65.8 Å². The Morgan fingerprint density at radius 3 is 2.36 bits per heavy atom. The first-order valence-electron chi connectivity index (χ1n) is 9.15. The Morgan fingerprint density at radius 1 is 0.821 bits per heavy atom. The Bertz CT molecular complexity index is 1030. The SMILES string of the molecule is Cc1cc(NCc2ccccc2)nc(NCc2cc(-c3ccccc3)no2)n1.